The van der Waals surface area contributed by atoms with E-state index in [1.807, 2.05) is 30.3 Å². The van der Waals surface area contributed by atoms with E-state index < -0.39 is 0 Å². The van der Waals surface area contributed by atoms with Crippen molar-refractivity contribution < 1.29 is 9.90 Å². The maximum absolute atomic E-state index is 12.7. The summed E-state index contributed by atoms with van der Waals surface area (Å²) in [4.78, 5) is 24.3. The number of nitrogens with one attached hydrogen (secondary N) is 1. The molecule has 2 aromatic rings. The first-order valence-electron chi connectivity index (χ1n) is 10.2. The minimum absolute atomic E-state index is 0.0908. The Morgan fingerprint density at radius 1 is 1.32 bits per heavy atom. The van der Waals surface area contributed by atoms with E-state index in [4.69, 9.17) is 0 Å². The topological polar surface area (TPSA) is 90.3 Å². The predicted octanol–water partition coefficient (Wildman–Crippen LogP) is 1.04. The van der Waals surface area contributed by atoms with Gasteiger partial charge in [0.2, 0.25) is 5.91 Å². The number of imidazole rings is 1. The molecule has 28 heavy (non-hydrogen) atoms. The van der Waals surface area contributed by atoms with Crippen LogP contribution in [0.1, 0.15) is 30.7 Å². The number of aromatic nitrogens is 4. The molecule has 1 amide bonds. The van der Waals surface area contributed by atoms with E-state index in [-0.39, 0.29) is 30.4 Å². The second-order valence-electron chi connectivity index (χ2n) is 8.34. The number of rotatable bonds is 5. The molecule has 2 aliphatic heterocycles. The molecule has 152 valence electrons. The van der Waals surface area contributed by atoms with E-state index in [0.717, 1.165) is 56.8 Å². The quantitative estimate of drug-likeness (QED) is 0.801. The normalized spacial score (nSPS) is 22.6. The van der Waals surface area contributed by atoms with Crippen molar-refractivity contribution >= 4 is 5.91 Å². The van der Waals surface area contributed by atoms with Crippen LogP contribution >= 0.6 is 0 Å². The number of amides is 1. The van der Waals surface area contributed by atoms with Gasteiger partial charge in [0.25, 0.3) is 0 Å². The van der Waals surface area contributed by atoms with Gasteiger partial charge in [-0.25, -0.2) is 4.98 Å². The van der Waals surface area contributed by atoms with E-state index in [9.17, 15) is 9.90 Å². The Bertz CT molecular complexity index is 778. The van der Waals surface area contributed by atoms with Gasteiger partial charge in [-0.05, 0) is 50.8 Å². The second kappa shape index (κ2) is 8.05. The van der Waals surface area contributed by atoms with Crippen LogP contribution in [0.15, 0.2) is 24.8 Å². The molecule has 4 rings (SSSR count). The SMILES string of the molecule is Cc1ccn(CC(=O)N2CCC3(CCN(Cc4cnc[nH]4)CC3)[C@@H](CO)C2)n1. The zero-order valence-corrected chi connectivity index (χ0v) is 16.5. The summed E-state index contributed by atoms with van der Waals surface area (Å²) in [7, 11) is 0. The Labute approximate surface area is 165 Å². The van der Waals surface area contributed by atoms with Crippen molar-refractivity contribution in [3.63, 3.8) is 0 Å². The van der Waals surface area contributed by atoms with Gasteiger partial charge < -0.3 is 15.0 Å². The van der Waals surface area contributed by atoms with Gasteiger partial charge in [-0.15, -0.1) is 0 Å². The minimum atomic E-state index is 0.0908. The molecule has 2 aromatic heterocycles. The van der Waals surface area contributed by atoms with Crippen molar-refractivity contribution in [3.8, 4) is 0 Å². The summed E-state index contributed by atoms with van der Waals surface area (Å²) < 4.78 is 1.70. The molecule has 0 aliphatic carbocycles. The van der Waals surface area contributed by atoms with Crippen LogP contribution < -0.4 is 0 Å². The smallest absolute Gasteiger partial charge is 0.244 e. The van der Waals surface area contributed by atoms with Crippen molar-refractivity contribution in [3.05, 3.63) is 36.2 Å². The van der Waals surface area contributed by atoms with Crippen LogP contribution in [-0.4, -0.2) is 73.3 Å². The number of aryl methyl sites for hydroxylation is 1. The number of H-pyrrole nitrogens is 1. The highest BCUT2D eigenvalue weighted by atomic mass is 16.3. The van der Waals surface area contributed by atoms with Gasteiger partial charge >= 0.3 is 0 Å². The van der Waals surface area contributed by atoms with Crippen LogP contribution in [0.3, 0.4) is 0 Å². The maximum atomic E-state index is 12.7. The lowest BCUT2D eigenvalue weighted by molar-refractivity contribution is -0.138. The molecule has 1 atom stereocenters. The Morgan fingerprint density at radius 2 is 2.11 bits per heavy atom. The zero-order valence-electron chi connectivity index (χ0n) is 16.5. The van der Waals surface area contributed by atoms with Gasteiger partial charge in [-0.1, -0.05) is 0 Å². The summed E-state index contributed by atoms with van der Waals surface area (Å²) in [5.41, 5.74) is 2.21. The first-order valence-corrected chi connectivity index (χ1v) is 10.2. The lowest BCUT2D eigenvalue weighted by Gasteiger charge is -2.51. The molecule has 1 spiro atoms. The number of carbonyl (C=O) groups excluding carboxylic acids is 1. The number of nitrogens with zero attached hydrogens (tertiary/aromatic N) is 5. The molecular formula is C20H30N6O2. The van der Waals surface area contributed by atoms with Crippen LogP contribution in [0.4, 0.5) is 0 Å². The monoisotopic (exact) mass is 386 g/mol. The van der Waals surface area contributed by atoms with E-state index in [1.165, 1.54) is 0 Å². The maximum Gasteiger partial charge on any atom is 0.244 e. The number of aliphatic hydroxyl groups excluding tert-OH is 1. The third-order valence-electron chi connectivity index (χ3n) is 6.63. The molecular weight excluding hydrogens is 356 g/mol. The molecule has 2 aliphatic rings. The Kier molecular flexibility index (Phi) is 5.50. The summed E-state index contributed by atoms with van der Waals surface area (Å²) in [6.07, 6.45) is 8.57. The van der Waals surface area contributed by atoms with Crippen LogP contribution in [0.5, 0.6) is 0 Å². The minimum Gasteiger partial charge on any atom is -0.396 e. The number of aromatic amines is 1. The summed E-state index contributed by atoms with van der Waals surface area (Å²) in [5, 5.41) is 14.4. The summed E-state index contributed by atoms with van der Waals surface area (Å²) >= 11 is 0. The Hall–Kier alpha value is -2.19. The van der Waals surface area contributed by atoms with E-state index in [0.29, 0.717) is 6.54 Å². The standard InChI is InChI=1S/C20H30N6O2/c1-16-2-6-26(23-16)13-19(28)25-9-5-20(17(11-25)14-27)3-7-24(8-4-20)12-18-10-21-15-22-18/h2,6,10,15,17,27H,3-5,7-9,11-14H2,1H3,(H,21,22)/t17-/m1/s1. The number of carbonyl (C=O) groups is 1. The number of aliphatic hydroxyl groups is 1. The third kappa shape index (κ3) is 3.98. The van der Waals surface area contributed by atoms with Gasteiger partial charge in [-0.2, -0.15) is 5.10 Å². The van der Waals surface area contributed by atoms with Crippen molar-refractivity contribution in [2.45, 2.75) is 39.3 Å². The zero-order chi connectivity index (χ0) is 19.6. The van der Waals surface area contributed by atoms with Crippen molar-refractivity contribution in [2.75, 3.05) is 32.8 Å². The molecule has 0 radical (unpaired) electrons. The van der Waals surface area contributed by atoms with Gasteiger partial charge in [0, 0.05) is 50.2 Å². The summed E-state index contributed by atoms with van der Waals surface area (Å²) in [6.45, 7) is 6.71. The lowest BCUT2D eigenvalue weighted by Crippen LogP contribution is -2.55. The Balaban J connectivity index is 1.34. The lowest BCUT2D eigenvalue weighted by atomic mass is 9.64. The van der Waals surface area contributed by atoms with E-state index >= 15 is 0 Å². The number of hydrogen-bond acceptors (Lipinski definition) is 5. The molecule has 2 saturated heterocycles. The second-order valence-corrected chi connectivity index (χ2v) is 8.34. The van der Waals surface area contributed by atoms with Crippen LogP contribution in [0.2, 0.25) is 0 Å². The highest BCUT2D eigenvalue weighted by Crippen LogP contribution is 2.45. The number of hydrogen-bond donors (Lipinski definition) is 2. The average Bonchev–Trinajstić information content (AvgIpc) is 3.35. The third-order valence-corrected chi connectivity index (χ3v) is 6.63. The van der Waals surface area contributed by atoms with Gasteiger partial charge in [0.15, 0.2) is 0 Å². The van der Waals surface area contributed by atoms with Crippen LogP contribution in [0, 0.1) is 18.3 Å². The van der Waals surface area contributed by atoms with Gasteiger partial charge in [0.05, 0.1) is 12.0 Å². The highest BCUT2D eigenvalue weighted by Gasteiger charge is 2.45. The first kappa shape index (κ1) is 19.1. The first-order chi connectivity index (χ1) is 13.6. The molecule has 2 fully saturated rings. The van der Waals surface area contributed by atoms with Crippen molar-refractivity contribution in [2.24, 2.45) is 11.3 Å². The largest absolute Gasteiger partial charge is 0.396 e. The van der Waals surface area contributed by atoms with Crippen LogP contribution in [0.25, 0.3) is 0 Å². The van der Waals surface area contributed by atoms with E-state index in [2.05, 4.69) is 20.0 Å². The average molecular weight is 387 g/mol. The molecule has 0 unspecified atom stereocenters. The fourth-order valence-electron chi connectivity index (χ4n) is 4.81. The molecule has 8 heteroatoms. The molecule has 0 saturated carbocycles. The predicted molar refractivity (Wildman–Crippen MR) is 104 cm³/mol. The fourth-order valence-corrected chi connectivity index (χ4v) is 4.81. The van der Waals surface area contributed by atoms with Gasteiger partial charge in [0.1, 0.15) is 6.54 Å². The molecule has 0 bridgehead atoms. The van der Waals surface area contributed by atoms with Gasteiger partial charge in [-0.3, -0.25) is 14.4 Å². The molecule has 8 nitrogen and oxygen atoms in total. The summed E-state index contributed by atoms with van der Waals surface area (Å²) in [6, 6.07) is 1.91. The molecule has 0 aromatic carbocycles. The molecule has 4 heterocycles. The van der Waals surface area contributed by atoms with E-state index in [1.54, 1.807) is 11.0 Å². The van der Waals surface area contributed by atoms with Crippen molar-refractivity contribution in [1.29, 1.82) is 0 Å². The summed E-state index contributed by atoms with van der Waals surface area (Å²) in [5.74, 6) is 0.243. The molecule has 2 N–H and O–H groups in total. The number of piperidine rings is 2. The highest BCUT2D eigenvalue weighted by molar-refractivity contribution is 5.76. The van der Waals surface area contributed by atoms with Crippen LogP contribution in [-0.2, 0) is 17.9 Å². The Morgan fingerprint density at radius 3 is 2.75 bits per heavy atom. The number of likely N-dealkylation sites (tertiary alicyclic amines) is 2. The fraction of sp³-hybridized carbons (Fsp3) is 0.650. The van der Waals surface area contributed by atoms with Crippen molar-refractivity contribution in [1.82, 2.24) is 29.5 Å².